The first-order valence-corrected chi connectivity index (χ1v) is 8.96. The van der Waals surface area contributed by atoms with Crippen LogP contribution in [0.15, 0.2) is 81.6 Å². The van der Waals surface area contributed by atoms with Crippen molar-refractivity contribution in [3.8, 4) is 11.3 Å². The van der Waals surface area contributed by atoms with Crippen molar-refractivity contribution >= 4 is 23.4 Å². The zero-order valence-corrected chi connectivity index (χ0v) is 15.2. The van der Waals surface area contributed by atoms with E-state index in [1.165, 1.54) is 11.8 Å². The summed E-state index contributed by atoms with van der Waals surface area (Å²) in [5, 5.41) is 15.4. The average Bonchev–Trinajstić information content (AvgIpc) is 3.34. The number of aromatic nitrogens is 4. The Kier molecular flexibility index (Phi) is 4.71. The Morgan fingerprint density at radius 2 is 1.89 bits per heavy atom. The highest BCUT2D eigenvalue weighted by Gasteiger charge is 2.14. The van der Waals surface area contributed by atoms with Crippen molar-refractivity contribution in [1.82, 2.24) is 19.9 Å². The van der Waals surface area contributed by atoms with Crippen LogP contribution in [0.25, 0.3) is 11.3 Å². The Morgan fingerprint density at radius 1 is 1.11 bits per heavy atom. The number of hydrogen-bond donors (Lipinski definition) is 1. The molecule has 0 saturated heterocycles. The van der Waals surface area contributed by atoms with E-state index in [0.717, 1.165) is 15.6 Å². The van der Waals surface area contributed by atoms with E-state index >= 15 is 0 Å². The summed E-state index contributed by atoms with van der Waals surface area (Å²) in [5.41, 5.74) is 1.77. The van der Waals surface area contributed by atoms with Crippen molar-refractivity contribution in [3.05, 3.63) is 72.7 Å². The number of anilines is 1. The van der Waals surface area contributed by atoms with Gasteiger partial charge in [-0.1, -0.05) is 35.5 Å². The summed E-state index contributed by atoms with van der Waals surface area (Å²) < 4.78 is 7.11. The van der Waals surface area contributed by atoms with Gasteiger partial charge in [-0.3, -0.25) is 4.79 Å². The standard InChI is InChI=1S/C19H15N5O2S/c1-24-12-20-22-19(24)27-15-9-7-14(8-10-15)21-18(25)16-11-17(26-23-16)13-5-3-2-4-6-13/h2-12H,1H3,(H,21,25). The minimum atomic E-state index is -0.324. The molecule has 8 heteroatoms. The summed E-state index contributed by atoms with van der Waals surface area (Å²) in [7, 11) is 1.89. The van der Waals surface area contributed by atoms with Crippen LogP contribution in [0.2, 0.25) is 0 Å². The smallest absolute Gasteiger partial charge is 0.277 e. The molecule has 2 heterocycles. The van der Waals surface area contributed by atoms with E-state index in [9.17, 15) is 4.79 Å². The van der Waals surface area contributed by atoms with E-state index in [1.807, 2.05) is 66.2 Å². The van der Waals surface area contributed by atoms with Crippen LogP contribution < -0.4 is 5.32 Å². The zero-order valence-electron chi connectivity index (χ0n) is 14.4. The van der Waals surface area contributed by atoms with Gasteiger partial charge in [0.25, 0.3) is 5.91 Å². The van der Waals surface area contributed by atoms with Crippen LogP contribution >= 0.6 is 11.8 Å². The maximum atomic E-state index is 12.4. The second kappa shape index (κ2) is 7.46. The quantitative estimate of drug-likeness (QED) is 0.568. The molecule has 27 heavy (non-hydrogen) atoms. The number of benzene rings is 2. The third-order valence-corrected chi connectivity index (χ3v) is 4.85. The molecule has 0 fully saturated rings. The molecule has 0 radical (unpaired) electrons. The maximum absolute atomic E-state index is 12.4. The molecule has 0 aliphatic carbocycles. The Morgan fingerprint density at radius 3 is 2.59 bits per heavy atom. The lowest BCUT2D eigenvalue weighted by atomic mass is 10.1. The first-order chi connectivity index (χ1) is 13.2. The lowest BCUT2D eigenvalue weighted by Gasteiger charge is -2.04. The molecule has 0 bridgehead atoms. The highest BCUT2D eigenvalue weighted by Crippen LogP contribution is 2.26. The summed E-state index contributed by atoms with van der Waals surface area (Å²) in [6.07, 6.45) is 1.65. The van der Waals surface area contributed by atoms with Crippen LogP contribution in [0.3, 0.4) is 0 Å². The SMILES string of the molecule is Cn1cnnc1Sc1ccc(NC(=O)c2cc(-c3ccccc3)on2)cc1. The van der Waals surface area contributed by atoms with Gasteiger partial charge in [-0.05, 0) is 36.0 Å². The van der Waals surface area contributed by atoms with Crippen LogP contribution in [0, 0.1) is 0 Å². The van der Waals surface area contributed by atoms with Gasteiger partial charge in [-0.15, -0.1) is 10.2 Å². The third-order valence-electron chi connectivity index (χ3n) is 3.79. The van der Waals surface area contributed by atoms with Crippen LogP contribution in [0.1, 0.15) is 10.5 Å². The average molecular weight is 377 g/mol. The van der Waals surface area contributed by atoms with Gasteiger partial charge in [0.15, 0.2) is 16.6 Å². The summed E-state index contributed by atoms with van der Waals surface area (Å²) in [4.78, 5) is 13.4. The second-order valence-corrected chi connectivity index (χ2v) is 6.79. The van der Waals surface area contributed by atoms with E-state index in [4.69, 9.17) is 4.52 Å². The Balaban J connectivity index is 1.42. The minimum absolute atomic E-state index is 0.228. The number of carbonyl (C=O) groups is 1. The third kappa shape index (κ3) is 3.90. The van der Waals surface area contributed by atoms with Gasteiger partial charge in [-0.25, -0.2) is 0 Å². The second-order valence-electron chi connectivity index (χ2n) is 5.75. The van der Waals surface area contributed by atoms with Crippen molar-refractivity contribution in [1.29, 1.82) is 0 Å². The largest absolute Gasteiger partial charge is 0.355 e. The summed E-state index contributed by atoms with van der Waals surface area (Å²) in [6.45, 7) is 0. The van der Waals surface area contributed by atoms with Crippen LogP contribution in [-0.4, -0.2) is 25.8 Å². The van der Waals surface area contributed by atoms with Gasteiger partial charge in [0, 0.05) is 29.3 Å². The molecule has 1 N–H and O–H groups in total. The highest BCUT2D eigenvalue weighted by molar-refractivity contribution is 7.99. The van der Waals surface area contributed by atoms with Crippen LogP contribution in [-0.2, 0) is 7.05 Å². The predicted octanol–water partition coefficient (Wildman–Crippen LogP) is 3.87. The molecule has 0 spiro atoms. The lowest BCUT2D eigenvalue weighted by Crippen LogP contribution is -2.11. The summed E-state index contributed by atoms with van der Waals surface area (Å²) in [6, 6.07) is 18.6. The molecule has 2 aromatic carbocycles. The van der Waals surface area contributed by atoms with Crippen molar-refractivity contribution in [2.75, 3.05) is 5.32 Å². The van der Waals surface area contributed by atoms with E-state index in [-0.39, 0.29) is 11.6 Å². The summed E-state index contributed by atoms with van der Waals surface area (Å²) in [5.74, 6) is 0.228. The fourth-order valence-electron chi connectivity index (χ4n) is 2.39. The highest BCUT2D eigenvalue weighted by atomic mass is 32.2. The number of nitrogens with one attached hydrogen (secondary N) is 1. The number of hydrogen-bond acceptors (Lipinski definition) is 6. The van der Waals surface area contributed by atoms with Gasteiger partial charge in [-0.2, -0.15) is 0 Å². The summed E-state index contributed by atoms with van der Waals surface area (Å²) >= 11 is 1.50. The molecule has 7 nitrogen and oxygen atoms in total. The molecule has 0 aliphatic rings. The lowest BCUT2D eigenvalue weighted by molar-refractivity contribution is 0.101. The van der Waals surface area contributed by atoms with Gasteiger partial charge < -0.3 is 14.4 Å². The fraction of sp³-hybridized carbons (Fsp3) is 0.0526. The van der Waals surface area contributed by atoms with Gasteiger partial charge >= 0.3 is 0 Å². The van der Waals surface area contributed by atoms with Crippen molar-refractivity contribution in [2.45, 2.75) is 10.1 Å². The number of nitrogens with zero attached hydrogens (tertiary/aromatic N) is 4. The molecular formula is C19H15N5O2S. The normalized spacial score (nSPS) is 10.7. The molecule has 0 unspecified atom stereocenters. The van der Waals surface area contributed by atoms with Crippen molar-refractivity contribution < 1.29 is 9.32 Å². The molecule has 4 rings (SSSR count). The van der Waals surface area contributed by atoms with Gasteiger partial charge in [0.1, 0.15) is 6.33 Å². The number of aryl methyl sites for hydroxylation is 1. The molecule has 1 amide bonds. The van der Waals surface area contributed by atoms with E-state index in [0.29, 0.717) is 11.4 Å². The number of carbonyl (C=O) groups excluding carboxylic acids is 1. The topological polar surface area (TPSA) is 85.8 Å². The predicted molar refractivity (Wildman–Crippen MR) is 101 cm³/mol. The number of amides is 1. The van der Waals surface area contributed by atoms with E-state index in [2.05, 4.69) is 20.7 Å². The Hall–Kier alpha value is -3.39. The first-order valence-electron chi connectivity index (χ1n) is 8.14. The van der Waals surface area contributed by atoms with Crippen molar-refractivity contribution in [3.63, 3.8) is 0 Å². The fourth-order valence-corrected chi connectivity index (χ4v) is 3.15. The van der Waals surface area contributed by atoms with Crippen LogP contribution in [0.5, 0.6) is 0 Å². The molecule has 2 aromatic heterocycles. The molecule has 0 atom stereocenters. The Bertz CT molecular complexity index is 1060. The van der Waals surface area contributed by atoms with E-state index in [1.54, 1.807) is 12.4 Å². The molecule has 134 valence electrons. The first kappa shape index (κ1) is 17.0. The maximum Gasteiger partial charge on any atom is 0.277 e. The molecule has 0 aliphatic heterocycles. The number of rotatable bonds is 5. The minimum Gasteiger partial charge on any atom is -0.355 e. The van der Waals surface area contributed by atoms with Gasteiger partial charge in [0.2, 0.25) is 0 Å². The molecular weight excluding hydrogens is 362 g/mol. The van der Waals surface area contributed by atoms with Crippen LogP contribution in [0.4, 0.5) is 5.69 Å². The van der Waals surface area contributed by atoms with Gasteiger partial charge in [0.05, 0.1) is 0 Å². The van der Waals surface area contributed by atoms with Crippen molar-refractivity contribution in [2.24, 2.45) is 7.05 Å². The molecule has 0 saturated carbocycles. The Labute approximate surface area is 159 Å². The zero-order chi connectivity index (χ0) is 18.6. The van der Waals surface area contributed by atoms with E-state index < -0.39 is 0 Å². The molecule has 4 aromatic rings. The monoisotopic (exact) mass is 377 g/mol.